The van der Waals surface area contributed by atoms with E-state index in [-0.39, 0.29) is 5.91 Å². The number of amides is 1. The van der Waals surface area contributed by atoms with E-state index in [1.807, 2.05) is 51.2 Å². The molecule has 3 rings (SSSR count). The number of rotatable bonds is 7. The molecule has 0 unspecified atom stereocenters. The SMILES string of the molecule is CCCC(=O)NC(=NCCc1c[nH]c2ccc(OC)cc12)Nc1nc(C)cc(C)n1. The molecule has 1 aromatic carbocycles. The highest BCUT2D eigenvalue weighted by Crippen LogP contribution is 2.23. The first-order valence-corrected chi connectivity index (χ1v) is 10.1. The molecule has 0 fully saturated rings. The van der Waals surface area contributed by atoms with Crippen molar-refractivity contribution in [3.05, 3.63) is 47.4 Å². The van der Waals surface area contributed by atoms with Crippen LogP contribution >= 0.6 is 0 Å². The standard InChI is InChI=1S/C22H28N6O2/c1-5-6-20(29)27-21(28-22-25-14(2)11-15(3)26-22)23-10-9-16-13-24-19-8-7-17(30-4)12-18(16)19/h7-8,11-13,24H,5-6,9-10H2,1-4H3,(H2,23,25,26,27,28,29). The molecule has 0 aliphatic heterocycles. The summed E-state index contributed by atoms with van der Waals surface area (Å²) in [7, 11) is 1.66. The van der Waals surface area contributed by atoms with E-state index in [1.165, 1.54) is 0 Å². The van der Waals surface area contributed by atoms with Crippen LogP contribution in [-0.2, 0) is 11.2 Å². The number of methoxy groups -OCH3 is 1. The Labute approximate surface area is 176 Å². The number of carbonyl (C=O) groups excluding carboxylic acids is 1. The number of aryl methyl sites for hydroxylation is 2. The number of hydrogen-bond donors (Lipinski definition) is 3. The number of benzene rings is 1. The van der Waals surface area contributed by atoms with Gasteiger partial charge in [0.05, 0.1) is 7.11 Å². The summed E-state index contributed by atoms with van der Waals surface area (Å²) in [6.07, 6.45) is 3.87. The summed E-state index contributed by atoms with van der Waals surface area (Å²) in [6, 6.07) is 7.82. The van der Waals surface area contributed by atoms with E-state index in [9.17, 15) is 4.79 Å². The number of nitrogens with zero attached hydrogens (tertiary/aromatic N) is 3. The van der Waals surface area contributed by atoms with Gasteiger partial charge in [-0.3, -0.25) is 20.4 Å². The number of anilines is 1. The summed E-state index contributed by atoms with van der Waals surface area (Å²) in [5, 5.41) is 6.99. The van der Waals surface area contributed by atoms with Crippen LogP contribution in [0.15, 0.2) is 35.5 Å². The molecule has 2 aromatic heterocycles. The number of aromatic amines is 1. The van der Waals surface area contributed by atoms with Crippen molar-refractivity contribution in [3.63, 3.8) is 0 Å². The zero-order chi connectivity index (χ0) is 21.5. The number of aromatic nitrogens is 3. The predicted octanol–water partition coefficient (Wildman–Crippen LogP) is 3.51. The van der Waals surface area contributed by atoms with Crippen LogP contribution < -0.4 is 15.4 Å². The Morgan fingerprint density at radius 1 is 1.20 bits per heavy atom. The third kappa shape index (κ3) is 5.56. The fourth-order valence-corrected chi connectivity index (χ4v) is 3.20. The number of ether oxygens (including phenoxy) is 1. The van der Waals surface area contributed by atoms with Gasteiger partial charge in [0.2, 0.25) is 17.8 Å². The lowest BCUT2D eigenvalue weighted by Gasteiger charge is -2.11. The summed E-state index contributed by atoms with van der Waals surface area (Å²) in [5.74, 6) is 1.49. The Bertz CT molecular complexity index is 1040. The molecule has 0 bridgehead atoms. The molecule has 8 heteroatoms. The fraction of sp³-hybridized carbons (Fsp3) is 0.364. The molecule has 3 N–H and O–H groups in total. The van der Waals surface area contributed by atoms with Crippen LogP contribution in [0.25, 0.3) is 10.9 Å². The van der Waals surface area contributed by atoms with E-state index in [1.54, 1.807) is 7.11 Å². The van der Waals surface area contributed by atoms with Gasteiger partial charge in [0, 0.05) is 41.5 Å². The zero-order valence-electron chi connectivity index (χ0n) is 17.9. The van der Waals surface area contributed by atoms with E-state index >= 15 is 0 Å². The summed E-state index contributed by atoms with van der Waals surface area (Å²) >= 11 is 0. The molecular formula is C22H28N6O2. The van der Waals surface area contributed by atoms with E-state index in [0.717, 1.165) is 40.0 Å². The van der Waals surface area contributed by atoms with Crippen LogP contribution in [0.3, 0.4) is 0 Å². The lowest BCUT2D eigenvalue weighted by Crippen LogP contribution is -2.36. The molecule has 0 spiro atoms. The van der Waals surface area contributed by atoms with Crippen molar-refractivity contribution in [2.24, 2.45) is 4.99 Å². The van der Waals surface area contributed by atoms with Crippen LogP contribution in [0.1, 0.15) is 36.7 Å². The first-order chi connectivity index (χ1) is 14.5. The predicted molar refractivity (Wildman–Crippen MR) is 119 cm³/mol. The second-order valence-electron chi connectivity index (χ2n) is 7.10. The maximum atomic E-state index is 12.1. The Morgan fingerprint density at radius 2 is 1.97 bits per heavy atom. The fourth-order valence-electron chi connectivity index (χ4n) is 3.20. The normalized spacial score (nSPS) is 11.5. The second kappa shape index (κ2) is 9.87. The smallest absolute Gasteiger partial charge is 0.229 e. The lowest BCUT2D eigenvalue weighted by molar-refractivity contribution is -0.119. The molecule has 2 heterocycles. The van der Waals surface area contributed by atoms with Gasteiger partial charge in [0.25, 0.3) is 0 Å². The monoisotopic (exact) mass is 408 g/mol. The zero-order valence-corrected chi connectivity index (χ0v) is 17.9. The lowest BCUT2D eigenvalue weighted by atomic mass is 10.1. The molecule has 30 heavy (non-hydrogen) atoms. The van der Waals surface area contributed by atoms with E-state index < -0.39 is 0 Å². The quantitative estimate of drug-likeness (QED) is 0.410. The summed E-state index contributed by atoms with van der Waals surface area (Å²) in [6.45, 7) is 6.25. The first-order valence-electron chi connectivity index (χ1n) is 10.1. The van der Waals surface area contributed by atoms with Crippen LogP contribution in [0.5, 0.6) is 5.75 Å². The third-order valence-electron chi connectivity index (χ3n) is 4.57. The summed E-state index contributed by atoms with van der Waals surface area (Å²) in [4.78, 5) is 28.7. The van der Waals surface area contributed by atoms with Crippen LogP contribution in [0.2, 0.25) is 0 Å². The van der Waals surface area contributed by atoms with Gasteiger partial charge >= 0.3 is 0 Å². The highest BCUT2D eigenvalue weighted by molar-refractivity contribution is 6.03. The highest BCUT2D eigenvalue weighted by atomic mass is 16.5. The van der Waals surface area contributed by atoms with Crippen LogP contribution in [0, 0.1) is 13.8 Å². The van der Waals surface area contributed by atoms with Gasteiger partial charge in [-0.05, 0) is 56.5 Å². The number of nitrogens with one attached hydrogen (secondary N) is 3. The van der Waals surface area contributed by atoms with Crippen molar-refractivity contribution < 1.29 is 9.53 Å². The van der Waals surface area contributed by atoms with Gasteiger partial charge < -0.3 is 9.72 Å². The van der Waals surface area contributed by atoms with Crippen LogP contribution in [0.4, 0.5) is 5.95 Å². The minimum Gasteiger partial charge on any atom is -0.497 e. The Morgan fingerprint density at radius 3 is 2.67 bits per heavy atom. The van der Waals surface area contributed by atoms with Crippen LogP contribution in [-0.4, -0.2) is 40.5 Å². The number of carbonyl (C=O) groups is 1. The first kappa shape index (κ1) is 21.3. The average Bonchev–Trinajstić information content (AvgIpc) is 3.09. The number of H-pyrrole nitrogens is 1. The molecule has 1 amide bonds. The van der Waals surface area contributed by atoms with E-state index in [4.69, 9.17) is 4.74 Å². The maximum Gasteiger partial charge on any atom is 0.229 e. The number of guanidine groups is 1. The van der Waals surface area contributed by atoms with Gasteiger partial charge in [-0.15, -0.1) is 0 Å². The summed E-state index contributed by atoms with van der Waals surface area (Å²) < 4.78 is 5.33. The highest BCUT2D eigenvalue weighted by Gasteiger charge is 2.09. The number of aliphatic imine (C=N–C) groups is 1. The molecular weight excluding hydrogens is 380 g/mol. The van der Waals surface area contributed by atoms with Gasteiger partial charge in [0.15, 0.2) is 0 Å². The van der Waals surface area contributed by atoms with Crippen molar-refractivity contribution in [1.29, 1.82) is 0 Å². The van der Waals surface area contributed by atoms with Crippen molar-refractivity contribution in [2.45, 2.75) is 40.0 Å². The molecule has 3 aromatic rings. The topological polar surface area (TPSA) is 104 Å². The molecule has 0 aliphatic rings. The third-order valence-corrected chi connectivity index (χ3v) is 4.57. The number of hydrogen-bond acceptors (Lipinski definition) is 5. The molecule has 0 saturated carbocycles. The van der Waals surface area contributed by atoms with Crippen molar-refractivity contribution >= 4 is 28.7 Å². The van der Waals surface area contributed by atoms with Gasteiger partial charge in [-0.2, -0.15) is 0 Å². The Kier molecular flexibility index (Phi) is 7.00. The Hall–Kier alpha value is -3.42. The molecule has 0 radical (unpaired) electrons. The molecule has 0 aliphatic carbocycles. The van der Waals surface area contributed by atoms with Crippen molar-refractivity contribution in [2.75, 3.05) is 19.0 Å². The van der Waals surface area contributed by atoms with Gasteiger partial charge in [0.1, 0.15) is 5.75 Å². The Balaban J connectivity index is 1.76. The molecule has 158 valence electrons. The summed E-state index contributed by atoms with van der Waals surface area (Å²) in [5.41, 5.74) is 3.87. The van der Waals surface area contributed by atoms with Crippen molar-refractivity contribution in [1.82, 2.24) is 20.3 Å². The second-order valence-corrected chi connectivity index (χ2v) is 7.10. The maximum absolute atomic E-state index is 12.1. The largest absolute Gasteiger partial charge is 0.497 e. The van der Waals surface area contributed by atoms with Gasteiger partial charge in [-0.25, -0.2) is 9.97 Å². The van der Waals surface area contributed by atoms with Gasteiger partial charge in [-0.1, -0.05) is 6.92 Å². The average molecular weight is 409 g/mol. The minimum atomic E-state index is -0.0926. The van der Waals surface area contributed by atoms with E-state index in [2.05, 4.69) is 30.6 Å². The molecule has 8 nitrogen and oxygen atoms in total. The number of fused-ring (bicyclic) bond motifs is 1. The van der Waals surface area contributed by atoms with Crippen molar-refractivity contribution in [3.8, 4) is 5.75 Å². The minimum absolute atomic E-state index is 0.0926. The molecule has 0 atom stereocenters. The molecule has 0 saturated heterocycles. The van der Waals surface area contributed by atoms with E-state index in [0.29, 0.717) is 31.3 Å².